The molecule has 0 saturated heterocycles. The van der Waals surface area contributed by atoms with Crippen molar-refractivity contribution in [3.63, 3.8) is 0 Å². The van der Waals surface area contributed by atoms with Crippen molar-refractivity contribution in [3.8, 4) is 0 Å². The molecule has 0 aliphatic rings. The van der Waals surface area contributed by atoms with Gasteiger partial charge in [0.2, 0.25) is 0 Å². The lowest BCUT2D eigenvalue weighted by atomic mass is 10.4. The van der Waals surface area contributed by atoms with Gasteiger partial charge >= 0.3 is 0 Å². The summed E-state index contributed by atoms with van der Waals surface area (Å²) in [6.07, 6.45) is 6.23. The maximum atomic E-state index is 5.50. The van der Waals surface area contributed by atoms with E-state index in [1.807, 2.05) is 12.3 Å². The molecule has 1 N–H and O–H groups in total. The van der Waals surface area contributed by atoms with Gasteiger partial charge in [-0.25, -0.2) is 9.50 Å². The van der Waals surface area contributed by atoms with E-state index in [0.29, 0.717) is 19.1 Å². The number of nitrogens with one attached hydrogen (secondary N) is 1. The van der Waals surface area contributed by atoms with Crippen molar-refractivity contribution in [2.75, 3.05) is 31.0 Å². The van der Waals surface area contributed by atoms with Gasteiger partial charge in [-0.15, -0.1) is 11.6 Å². The third-order valence-electron chi connectivity index (χ3n) is 2.30. The fraction of sp³-hybridized carbons (Fsp3) is 0.455. The smallest absolute Gasteiger partial charge is 0.152 e. The summed E-state index contributed by atoms with van der Waals surface area (Å²) in [6, 6.07) is 1.93. The Bertz CT molecular complexity index is 459. The van der Waals surface area contributed by atoms with Crippen molar-refractivity contribution in [2.45, 2.75) is 6.42 Å². The fourth-order valence-corrected chi connectivity index (χ4v) is 1.64. The highest BCUT2D eigenvalue weighted by molar-refractivity contribution is 6.17. The third-order valence-corrected chi connectivity index (χ3v) is 2.46. The molecule has 0 spiro atoms. The number of fused-ring (bicyclic) bond motifs is 1. The second kappa shape index (κ2) is 6.42. The zero-order valence-electron chi connectivity index (χ0n) is 9.47. The van der Waals surface area contributed by atoms with E-state index in [9.17, 15) is 0 Å². The molecule has 17 heavy (non-hydrogen) atoms. The monoisotopic (exact) mass is 254 g/mol. The number of hydrogen-bond acceptors (Lipinski definition) is 4. The Balaban J connectivity index is 1.80. The van der Waals surface area contributed by atoms with Gasteiger partial charge in [-0.1, -0.05) is 0 Å². The molecular weight excluding hydrogens is 240 g/mol. The topological polar surface area (TPSA) is 51.5 Å². The number of ether oxygens (including phenoxy) is 1. The molecule has 2 aromatic heterocycles. The molecule has 2 heterocycles. The molecule has 0 atom stereocenters. The number of anilines is 1. The first-order chi connectivity index (χ1) is 8.42. The molecule has 0 bridgehead atoms. The lowest BCUT2D eigenvalue weighted by Gasteiger charge is -2.06. The van der Waals surface area contributed by atoms with Gasteiger partial charge in [-0.2, -0.15) is 5.10 Å². The first-order valence-electron chi connectivity index (χ1n) is 5.58. The van der Waals surface area contributed by atoms with E-state index >= 15 is 0 Å². The standard InChI is InChI=1S/C11H15ClN4O/c12-3-9-17-8-1-4-13-11-10-2-5-15-16(10)7-6-14-11/h2,5-7H,1,3-4,8-9H2,(H,13,14). The van der Waals surface area contributed by atoms with Crippen molar-refractivity contribution in [1.29, 1.82) is 0 Å². The van der Waals surface area contributed by atoms with Gasteiger partial charge < -0.3 is 10.1 Å². The average molecular weight is 255 g/mol. The third kappa shape index (κ3) is 3.31. The van der Waals surface area contributed by atoms with Gasteiger partial charge in [0.05, 0.1) is 12.8 Å². The van der Waals surface area contributed by atoms with Crippen LogP contribution in [0.1, 0.15) is 6.42 Å². The van der Waals surface area contributed by atoms with Gasteiger partial charge in [0, 0.05) is 31.4 Å². The summed E-state index contributed by atoms with van der Waals surface area (Å²) in [5, 5.41) is 7.41. The Kier molecular flexibility index (Phi) is 4.58. The Labute approximate surface area is 105 Å². The first-order valence-corrected chi connectivity index (χ1v) is 6.11. The van der Waals surface area contributed by atoms with Crippen LogP contribution in [0.2, 0.25) is 0 Å². The normalized spacial score (nSPS) is 10.9. The zero-order chi connectivity index (χ0) is 11.9. The van der Waals surface area contributed by atoms with Gasteiger partial charge in [-0.05, 0) is 12.5 Å². The van der Waals surface area contributed by atoms with Crippen molar-refractivity contribution in [3.05, 3.63) is 24.7 Å². The van der Waals surface area contributed by atoms with E-state index in [4.69, 9.17) is 16.3 Å². The second-order valence-corrected chi connectivity index (χ2v) is 3.90. The summed E-state index contributed by atoms with van der Waals surface area (Å²) in [5.41, 5.74) is 0.981. The van der Waals surface area contributed by atoms with E-state index in [1.54, 1.807) is 16.9 Å². The summed E-state index contributed by atoms with van der Waals surface area (Å²) in [4.78, 5) is 4.28. The van der Waals surface area contributed by atoms with E-state index in [1.165, 1.54) is 0 Å². The van der Waals surface area contributed by atoms with E-state index < -0.39 is 0 Å². The van der Waals surface area contributed by atoms with Crippen LogP contribution in [0.15, 0.2) is 24.7 Å². The number of alkyl halides is 1. The van der Waals surface area contributed by atoms with Crippen LogP contribution < -0.4 is 5.32 Å². The Hall–Kier alpha value is -1.33. The summed E-state index contributed by atoms with van der Waals surface area (Å²) >= 11 is 5.50. The number of hydrogen-bond donors (Lipinski definition) is 1. The number of halogens is 1. The largest absolute Gasteiger partial charge is 0.380 e. The molecule has 2 aromatic rings. The molecule has 0 aliphatic heterocycles. The van der Waals surface area contributed by atoms with E-state index in [0.717, 1.165) is 24.3 Å². The first kappa shape index (κ1) is 12.1. The van der Waals surface area contributed by atoms with Crippen LogP contribution in [0, 0.1) is 0 Å². The van der Waals surface area contributed by atoms with Crippen LogP contribution in [0.25, 0.3) is 5.52 Å². The Morgan fingerprint density at radius 3 is 3.18 bits per heavy atom. The van der Waals surface area contributed by atoms with Gasteiger partial charge in [0.15, 0.2) is 5.82 Å². The molecular formula is C11H15ClN4O. The van der Waals surface area contributed by atoms with Crippen LogP contribution in [-0.2, 0) is 4.74 Å². The SMILES string of the molecule is ClCCOCCCNc1nccn2nccc12. The van der Waals surface area contributed by atoms with E-state index in [2.05, 4.69) is 15.4 Å². The van der Waals surface area contributed by atoms with Crippen LogP contribution in [0.4, 0.5) is 5.82 Å². The van der Waals surface area contributed by atoms with Crippen LogP contribution in [-0.4, -0.2) is 40.2 Å². The second-order valence-electron chi connectivity index (χ2n) is 3.52. The lowest BCUT2D eigenvalue weighted by Crippen LogP contribution is -2.08. The average Bonchev–Trinajstić information content (AvgIpc) is 2.82. The highest BCUT2D eigenvalue weighted by atomic mass is 35.5. The Morgan fingerprint density at radius 1 is 1.35 bits per heavy atom. The van der Waals surface area contributed by atoms with Gasteiger partial charge in [-0.3, -0.25) is 0 Å². The summed E-state index contributed by atoms with van der Waals surface area (Å²) in [7, 11) is 0. The highest BCUT2D eigenvalue weighted by Gasteiger charge is 2.01. The minimum atomic E-state index is 0.546. The molecule has 92 valence electrons. The molecule has 0 amide bonds. The minimum absolute atomic E-state index is 0.546. The van der Waals surface area contributed by atoms with Crippen molar-refractivity contribution >= 4 is 22.9 Å². The van der Waals surface area contributed by atoms with Crippen molar-refractivity contribution < 1.29 is 4.74 Å². The van der Waals surface area contributed by atoms with Crippen molar-refractivity contribution in [1.82, 2.24) is 14.6 Å². The number of aromatic nitrogens is 3. The van der Waals surface area contributed by atoms with Gasteiger partial charge in [0.25, 0.3) is 0 Å². The molecule has 6 heteroatoms. The predicted octanol–water partition coefficient (Wildman–Crippen LogP) is 1.79. The van der Waals surface area contributed by atoms with Crippen LogP contribution >= 0.6 is 11.6 Å². The molecule has 2 rings (SSSR count). The number of rotatable bonds is 7. The van der Waals surface area contributed by atoms with Crippen molar-refractivity contribution in [2.24, 2.45) is 0 Å². The highest BCUT2D eigenvalue weighted by Crippen LogP contribution is 2.11. The summed E-state index contributed by atoms with van der Waals surface area (Å²) in [5.74, 6) is 1.40. The fourth-order valence-electron chi connectivity index (χ4n) is 1.53. The molecule has 0 fully saturated rings. The predicted molar refractivity (Wildman–Crippen MR) is 67.6 cm³/mol. The molecule has 0 radical (unpaired) electrons. The van der Waals surface area contributed by atoms with Crippen LogP contribution in [0.5, 0.6) is 0 Å². The van der Waals surface area contributed by atoms with E-state index in [-0.39, 0.29) is 0 Å². The zero-order valence-corrected chi connectivity index (χ0v) is 10.2. The molecule has 0 aliphatic carbocycles. The maximum Gasteiger partial charge on any atom is 0.152 e. The summed E-state index contributed by atoms with van der Waals surface area (Å²) in [6.45, 7) is 2.14. The lowest BCUT2D eigenvalue weighted by molar-refractivity contribution is 0.149. The quantitative estimate of drug-likeness (QED) is 0.605. The maximum absolute atomic E-state index is 5.50. The minimum Gasteiger partial charge on any atom is -0.380 e. The Morgan fingerprint density at radius 2 is 2.29 bits per heavy atom. The molecule has 0 unspecified atom stereocenters. The molecule has 0 aromatic carbocycles. The molecule has 0 saturated carbocycles. The molecule has 5 nitrogen and oxygen atoms in total. The number of nitrogens with zero attached hydrogens (tertiary/aromatic N) is 3. The van der Waals surface area contributed by atoms with Gasteiger partial charge in [0.1, 0.15) is 5.52 Å². The summed E-state index contributed by atoms with van der Waals surface area (Å²) < 4.78 is 7.07. The van der Waals surface area contributed by atoms with Crippen LogP contribution in [0.3, 0.4) is 0 Å².